The van der Waals surface area contributed by atoms with E-state index >= 15 is 0 Å². The van der Waals surface area contributed by atoms with Crippen molar-refractivity contribution in [3.63, 3.8) is 0 Å². The van der Waals surface area contributed by atoms with Gasteiger partial charge in [-0.15, -0.1) is 0 Å². The maximum atomic E-state index is 14.8. The summed E-state index contributed by atoms with van der Waals surface area (Å²) in [5.74, 6) is -0.0864. The van der Waals surface area contributed by atoms with Gasteiger partial charge < -0.3 is 15.5 Å². The Labute approximate surface area is 241 Å². The number of aromatic nitrogens is 2. The van der Waals surface area contributed by atoms with Gasteiger partial charge in [-0.1, -0.05) is 47.5 Å². The van der Waals surface area contributed by atoms with Gasteiger partial charge in [-0.25, -0.2) is 19.4 Å². The number of piperazine rings is 1. The second-order valence-electron chi connectivity index (χ2n) is 9.85. The number of allylic oxidation sites excluding steroid dienone is 5. The Morgan fingerprint density at radius 3 is 2.80 bits per heavy atom. The number of nitrogens with one attached hydrogen (secondary N) is 2. The quantitative estimate of drug-likeness (QED) is 0.399. The number of carbonyl (C=O) groups excluding carboxylic acids is 1. The van der Waals surface area contributed by atoms with Gasteiger partial charge in [-0.3, -0.25) is 4.79 Å². The number of hydrogen-bond donors (Lipinski definition) is 2. The third kappa shape index (κ3) is 5.18. The van der Waals surface area contributed by atoms with Gasteiger partial charge in [-0.05, 0) is 54.8 Å². The van der Waals surface area contributed by atoms with Crippen molar-refractivity contribution >= 4 is 57.1 Å². The van der Waals surface area contributed by atoms with Crippen LogP contribution in [0.15, 0.2) is 77.6 Å². The molecule has 202 valence electrons. The predicted molar refractivity (Wildman–Crippen MR) is 158 cm³/mol. The van der Waals surface area contributed by atoms with Gasteiger partial charge in [0.2, 0.25) is 5.95 Å². The molecule has 1 amide bonds. The lowest BCUT2D eigenvalue weighted by Gasteiger charge is -2.32. The molecule has 3 aliphatic rings. The molecule has 0 spiro atoms. The maximum absolute atomic E-state index is 14.8. The summed E-state index contributed by atoms with van der Waals surface area (Å²) in [5, 5.41) is 7.12. The zero-order valence-electron chi connectivity index (χ0n) is 21.6. The first-order valence-corrected chi connectivity index (χ1v) is 13.7. The van der Waals surface area contributed by atoms with Crippen LogP contribution in [-0.4, -0.2) is 51.6 Å². The number of nitrogens with zero attached hydrogens (tertiary/aromatic N) is 4. The number of aliphatic imine (C=N–C) groups is 1. The molecule has 0 bridgehead atoms. The molecule has 3 aromatic rings. The van der Waals surface area contributed by atoms with Crippen molar-refractivity contribution in [3.05, 3.63) is 106 Å². The molecule has 1 fully saturated rings. The largest absolute Gasteiger partial charge is 0.336 e. The molecule has 7 nitrogen and oxygen atoms in total. The molecule has 2 aromatic carbocycles. The van der Waals surface area contributed by atoms with E-state index in [4.69, 9.17) is 28.2 Å². The number of rotatable bonds is 4. The third-order valence-electron chi connectivity index (χ3n) is 7.08. The first kappa shape index (κ1) is 26.4. The fraction of sp³-hybridized carbons (Fsp3) is 0.200. The van der Waals surface area contributed by atoms with Crippen LogP contribution in [0.1, 0.15) is 34.1 Å². The average molecular weight is 575 g/mol. The minimum Gasteiger partial charge on any atom is -0.336 e. The van der Waals surface area contributed by atoms with E-state index in [1.54, 1.807) is 54.9 Å². The normalized spacial score (nSPS) is 18.4. The van der Waals surface area contributed by atoms with Crippen LogP contribution in [-0.2, 0) is 6.42 Å². The summed E-state index contributed by atoms with van der Waals surface area (Å²) in [7, 11) is 0. The summed E-state index contributed by atoms with van der Waals surface area (Å²) in [6.07, 6.45) is 7.67. The van der Waals surface area contributed by atoms with Crippen LogP contribution in [0.3, 0.4) is 0 Å². The van der Waals surface area contributed by atoms with Gasteiger partial charge in [0.1, 0.15) is 11.0 Å². The van der Waals surface area contributed by atoms with Crippen LogP contribution in [0.4, 0.5) is 16.0 Å². The molecule has 40 heavy (non-hydrogen) atoms. The van der Waals surface area contributed by atoms with Crippen molar-refractivity contribution in [1.29, 1.82) is 0 Å². The first-order valence-electron chi connectivity index (χ1n) is 12.9. The average Bonchev–Trinajstić information content (AvgIpc) is 3.12. The number of hydrogen-bond acceptors (Lipinski definition) is 6. The van der Waals surface area contributed by atoms with E-state index in [0.717, 1.165) is 23.3 Å². The van der Waals surface area contributed by atoms with Gasteiger partial charge in [-0.2, -0.15) is 0 Å². The molecule has 1 unspecified atom stereocenters. The zero-order chi connectivity index (χ0) is 27.8. The Morgan fingerprint density at radius 1 is 1.15 bits per heavy atom. The molecule has 2 N–H and O–H groups in total. The summed E-state index contributed by atoms with van der Waals surface area (Å²) < 4.78 is 14.8. The fourth-order valence-corrected chi connectivity index (χ4v) is 5.55. The van der Waals surface area contributed by atoms with E-state index < -0.39 is 0 Å². The second-order valence-corrected chi connectivity index (χ2v) is 10.6. The lowest BCUT2D eigenvalue weighted by atomic mass is 9.85. The van der Waals surface area contributed by atoms with Crippen molar-refractivity contribution in [3.8, 4) is 0 Å². The molecule has 3 heterocycles. The molecule has 2 aliphatic heterocycles. The number of halogens is 3. The Bertz CT molecular complexity index is 1650. The molecule has 1 aromatic heterocycles. The van der Waals surface area contributed by atoms with Crippen molar-refractivity contribution in [2.45, 2.75) is 19.4 Å². The summed E-state index contributed by atoms with van der Waals surface area (Å²) >= 11 is 12.9. The van der Waals surface area contributed by atoms with Crippen LogP contribution in [0.25, 0.3) is 11.1 Å². The van der Waals surface area contributed by atoms with E-state index in [1.165, 1.54) is 6.07 Å². The molecule has 1 aliphatic carbocycles. The predicted octanol–water partition coefficient (Wildman–Crippen LogP) is 6.00. The van der Waals surface area contributed by atoms with E-state index in [-0.39, 0.29) is 22.9 Å². The minimum atomic E-state index is -0.346. The maximum Gasteiger partial charge on any atom is 0.255 e. The molecule has 1 saturated heterocycles. The highest BCUT2D eigenvalue weighted by atomic mass is 35.5. The molecular formula is C30H25Cl2FN6O. The number of benzene rings is 2. The lowest BCUT2D eigenvalue weighted by Crippen LogP contribution is -2.51. The van der Waals surface area contributed by atoms with E-state index in [2.05, 4.69) is 27.5 Å². The topological polar surface area (TPSA) is 82.5 Å². The minimum absolute atomic E-state index is 0.0903. The Morgan fingerprint density at radius 2 is 2.00 bits per heavy atom. The third-order valence-corrected chi connectivity index (χ3v) is 7.60. The standard InChI is InChI=1S/C30H25Cl2FN6O/c1-17-16-39(11-10-34-17)29(40)22-9-7-19(12-25(22)31)37-30-36-14-18-6-8-20-23(21-4-2-3-5-26(21)33)13-27(32)35-15-24(20)28(18)38-30/h2-5,7-9,12-15,17,34H,6,10-11,16H2,1H3,(H,36,37,38). The highest BCUT2D eigenvalue weighted by Crippen LogP contribution is 2.41. The van der Waals surface area contributed by atoms with Crippen molar-refractivity contribution < 1.29 is 9.18 Å². The molecule has 1 atom stereocenters. The molecule has 10 heteroatoms. The first-order chi connectivity index (χ1) is 19.4. The summed E-state index contributed by atoms with van der Waals surface area (Å²) in [6.45, 7) is 4.07. The monoisotopic (exact) mass is 574 g/mol. The fourth-order valence-electron chi connectivity index (χ4n) is 5.13. The van der Waals surface area contributed by atoms with Crippen LogP contribution in [0, 0.1) is 5.82 Å². The van der Waals surface area contributed by atoms with Crippen LogP contribution in [0.2, 0.25) is 5.02 Å². The van der Waals surface area contributed by atoms with Crippen molar-refractivity contribution in [2.75, 3.05) is 25.0 Å². The molecular weight excluding hydrogens is 550 g/mol. The van der Waals surface area contributed by atoms with Gasteiger partial charge >= 0.3 is 0 Å². The van der Waals surface area contributed by atoms with Crippen LogP contribution < -0.4 is 10.6 Å². The molecule has 0 radical (unpaired) electrons. The van der Waals surface area contributed by atoms with Gasteiger partial charge in [0.25, 0.3) is 5.91 Å². The van der Waals surface area contributed by atoms with Gasteiger partial charge in [0.05, 0.1) is 16.3 Å². The van der Waals surface area contributed by atoms with Crippen LogP contribution in [0.5, 0.6) is 0 Å². The van der Waals surface area contributed by atoms with E-state index in [0.29, 0.717) is 58.6 Å². The van der Waals surface area contributed by atoms with Gasteiger partial charge in [0, 0.05) is 60.5 Å². The number of anilines is 2. The number of amides is 1. The highest BCUT2D eigenvalue weighted by Gasteiger charge is 2.26. The van der Waals surface area contributed by atoms with E-state index in [9.17, 15) is 9.18 Å². The van der Waals surface area contributed by atoms with Crippen molar-refractivity contribution in [1.82, 2.24) is 20.2 Å². The SMILES string of the molecule is CC1CN(C(=O)c2ccc(Nc3ncc4c(n3)C3=CN=C(Cl)C=C(c5ccccc5F)C3=CC4)cc2Cl)CCN1. The Kier molecular flexibility index (Phi) is 7.23. The highest BCUT2D eigenvalue weighted by molar-refractivity contribution is 6.69. The van der Waals surface area contributed by atoms with E-state index in [1.807, 2.05) is 11.0 Å². The Balaban J connectivity index is 1.27. The lowest BCUT2D eigenvalue weighted by molar-refractivity contribution is 0.0709. The second kappa shape index (κ2) is 11.0. The number of fused-ring (bicyclic) bond motifs is 3. The van der Waals surface area contributed by atoms with Gasteiger partial charge in [0.15, 0.2) is 0 Å². The smallest absolute Gasteiger partial charge is 0.255 e. The van der Waals surface area contributed by atoms with Crippen LogP contribution >= 0.6 is 23.2 Å². The summed E-state index contributed by atoms with van der Waals surface area (Å²) in [5.41, 5.74) is 5.28. The summed E-state index contributed by atoms with van der Waals surface area (Å²) in [6, 6.07) is 12.0. The molecule has 0 saturated carbocycles. The summed E-state index contributed by atoms with van der Waals surface area (Å²) in [4.78, 5) is 28.5. The number of carbonyl (C=O) groups is 1. The molecule has 6 rings (SSSR count). The van der Waals surface area contributed by atoms with Crippen molar-refractivity contribution in [2.24, 2.45) is 4.99 Å². The zero-order valence-corrected chi connectivity index (χ0v) is 23.1. The Hall–Kier alpha value is -3.85.